The summed E-state index contributed by atoms with van der Waals surface area (Å²) in [6, 6.07) is 11.0. The molecule has 3 N–H and O–H groups in total. The van der Waals surface area contributed by atoms with E-state index in [4.69, 9.17) is 9.84 Å². The standard InChI is InChI=1S/C18H19N3O6/c1-2-27-14-6-3-12(4-7-14)10-17(22)20-15-9-13(11-19-18(23)24)5-8-16(15)21(25)26/h3-9,19H,2,10-11H2,1H3,(H,20,22)(H,23,24). The van der Waals surface area contributed by atoms with Crippen molar-refractivity contribution >= 4 is 23.4 Å². The third-order valence-corrected chi connectivity index (χ3v) is 3.57. The van der Waals surface area contributed by atoms with Crippen LogP contribution in [0.2, 0.25) is 0 Å². The smallest absolute Gasteiger partial charge is 0.404 e. The molecule has 9 heteroatoms. The quantitative estimate of drug-likeness (QED) is 0.482. The Balaban J connectivity index is 2.10. The number of ether oxygens (including phenoxy) is 1. The van der Waals surface area contributed by atoms with Crippen molar-refractivity contribution in [3.8, 4) is 5.75 Å². The van der Waals surface area contributed by atoms with E-state index in [9.17, 15) is 19.7 Å². The molecule has 0 atom stereocenters. The lowest BCUT2D eigenvalue weighted by Gasteiger charge is -2.09. The van der Waals surface area contributed by atoms with Gasteiger partial charge in [0.25, 0.3) is 5.69 Å². The number of nitrogens with zero attached hydrogens (tertiary/aromatic N) is 1. The van der Waals surface area contributed by atoms with Gasteiger partial charge in [0, 0.05) is 12.6 Å². The van der Waals surface area contributed by atoms with Crippen molar-refractivity contribution in [3.63, 3.8) is 0 Å². The van der Waals surface area contributed by atoms with Gasteiger partial charge in [0.1, 0.15) is 11.4 Å². The van der Waals surface area contributed by atoms with E-state index in [2.05, 4.69) is 10.6 Å². The molecule has 0 aliphatic heterocycles. The zero-order valence-corrected chi connectivity index (χ0v) is 14.6. The SMILES string of the molecule is CCOc1ccc(CC(=O)Nc2cc(CNC(=O)O)ccc2[N+](=O)[O-])cc1. The number of benzene rings is 2. The topological polar surface area (TPSA) is 131 Å². The molecule has 2 aromatic carbocycles. The van der Waals surface area contributed by atoms with Crippen LogP contribution in [0.1, 0.15) is 18.1 Å². The van der Waals surface area contributed by atoms with Crippen LogP contribution < -0.4 is 15.4 Å². The van der Waals surface area contributed by atoms with Crippen LogP contribution >= 0.6 is 0 Å². The fourth-order valence-corrected chi connectivity index (χ4v) is 2.38. The molecule has 0 fully saturated rings. The third kappa shape index (κ3) is 5.99. The van der Waals surface area contributed by atoms with Crippen molar-refractivity contribution < 1.29 is 24.4 Å². The first-order valence-electron chi connectivity index (χ1n) is 8.14. The first-order valence-corrected chi connectivity index (χ1v) is 8.14. The van der Waals surface area contributed by atoms with Gasteiger partial charge in [-0.05, 0) is 36.2 Å². The second-order valence-electron chi connectivity index (χ2n) is 5.57. The molecule has 0 aliphatic rings. The van der Waals surface area contributed by atoms with Crippen LogP contribution in [-0.4, -0.2) is 28.6 Å². The number of carbonyl (C=O) groups excluding carboxylic acids is 1. The van der Waals surface area contributed by atoms with Gasteiger partial charge in [-0.3, -0.25) is 14.9 Å². The van der Waals surface area contributed by atoms with Gasteiger partial charge in [0.2, 0.25) is 5.91 Å². The van der Waals surface area contributed by atoms with Crippen LogP contribution in [0.15, 0.2) is 42.5 Å². The van der Waals surface area contributed by atoms with Crippen molar-refractivity contribution in [1.82, 2.24) is 5.32 Å². The van der Waals surface area contributed by atoms with E-state index in [0.29, 0.717) is 17.9 Å². The number of nitro benzene ring substituents is 1. The zero-order chi connectivity index (χ0) is 19.8. The zero-order valence-electron chi connectivity index (χ0n) is 14.6. The summed E-state index contributed by atoms with van der Waals surface area (Å²) < 4.78 is 5.33. The van der Waals surface area contributed by atoms with E-state index in [-0.39, 0.29) is 24.3 Å². The molecule has 27 heavy (non-hydrogen) atoms. The molecule has 9 nitrogen and oxygen atoms in total. The minimum atomic E-state index is -1.21. The maximum atomic E-state index is 12.3. The fourth-order valence-electron chi connectivity index (χ4n) is 2.38. The van der Waals surface area contributed by atoms with E-state index in [1.54, 1.807) is 24.3 Å². The number of hydrogen-bond donors (Lipinski definition) is 3. The predicted octanol–water partition coefficient (Wildman–Crippen LogP) is 2.94. The molecule has 0 saturated heterocycles. The summed E-state index contributed by atoms with van der Waals surface area (Å²) in [6.07, 6.45) is -1.18. The first kappa shape index (κ1) is 19.7. The highest BCUT2D eigenvalue weighted by molar-refractivity contribution is 5.94. The van der Waals surface area contributed by atoms with Gasteiger partial charge < -0.3 is 20.5 Å². The van der Waals surface area contributed by atoms with Gasteiger partial charge in [-0.1, -0.05) is 18.2 Å². The Morgan fingerprint density at radius 3 is 2.41 bits per heavy atom. The molecule has 0 bridgehead atoms. The van der Waals surface area contributed by atoms with Crippen LogP contribution in [0.5, 0.6) is 5.75 Å². The maximum Gasteiger partial charge on any atom is 0.404 e. The van der Waals surface area contributed by atoms with E-state index in [0.717, 1.165) is 5.56 Å². The lowest BCUT2D eigenvalue weighted by atomic mass is 10.1. The number of hydrogen-bond acceptors (Lipinski definition) is 5. The molecule has 0 radical (unpaired) electrons. The lowest BCUT2D eigenvalue weighted by molar-refractivity contribution is -0.383. The number of carboxylic acid groups (broad SMARTS) is 1. The van der Waals surface area contributed by atoms with Gasteiger partial charge >= 0.3 is 6.09 Å². The highest BCUT2D eigenvalue weighted by Gasteiger charge is 2.17. The summed E-state index contributed by atoms with van der Waals surface area (Å²) in [5.41, 5.74) is 0.955. The molecule has 0 aromatic heterocycles. The first-order chi connectivity index (χ1) is 12.9. The van der Waals surface area contributed by atoms with Crippen LogP contribution in [-0.2, 0) is 17.8 Å². The Hall–Kier alpha value is -3.62. The van der Waals surface area contributed by atoms with Gasteiger partial charge in [0.15, 0.2) is 0 Å². The molecule has 0 aliphatic carbocycles. The number of carbonyl (C=O) groups is 2. The average molecular weight is 373 g/mol. The number of anilines is 1. The summed E-state index contributed by atoms with van der Waals surface area (Å²) >= 11 is 0. The molecule has 0 saturated carbocycles. The molecule has 0 spiro atoms. The van der Waals surface area contributed by atoms with Crippen molar-refractivity contribution in [3.05, 3.63) is 63.7 Å². The Kier molecular flexibility index (Phi) is 6.70. The van der Waals surface area contributed by atoms with E-state index in [1.165, 1.54) is 18.2 Å². The number of nitrogens with one attached hydrogen (secondary N) is 2. The molecular weight excluding hydrogens is 354 g/mol. The Morgan fingerprint density at radius 1 is 1.15 bits per heavy atom. The van der Waals surface area contributed by atoms with Crippen molar-refractivity contribution in [1.29, 1.82) is 0 Å². The van der Waals surface area contributed by atoms with Crippen molar-refractivity contribution in [2.75, 3.05) is 11.9 Å². The second kappa shape index (κ2) is 9.18. The van der Waals surface area contributed by atoms with Gasteiger partial charge in [0.05, 0.1) is 18.0 Å². The molecule has 0 heterocycles. The van der Waals surface area contributed by atoms with Gasteiger partial charge in [-0.15, -0.1) is 0 Å². The minimum absolute atomic E-state index is 0.0145. The summed E-state index contributed by atoms with van der Waals surface area (Å²) in [4.78, 5) is 33.4. The summed E-state index contributed by atoms with van der Waals surface area (Å²) in [5, 5.41) is 24.5. The van der Waals surface area contributed by atoms with Crippen LogP contribution in [0.3, 0.4) is 0 Å². The number of amides is 2. The van der Waals surface area contributed by atoms with Crippen LogP contribution in [0.25, 0.3) is 0 Å². The van der Waals surface area contributed by atoms with Crippen LogP contribution in [0.4, 0.5) is 16.2 Å². The normalized spacial score (nSPS) is 10.1. The summed E-state index contributed by atoms with van der Waals surface area (Å²) in [5.74, 6) is 0.265. The predicted molar refractivity (Wildman–Crippen MR) is 97.9 cm³/mol. The highest BCUT2D eigenvalue weighted by atomic mass is 16.6. The molecule has 2 rings (SSSR count). The molecule has 2 amide bonds. The molecule has 142 valence electrons. The van der Waals surface area contributed by atoms with Gasteiger partial charge in [-0.2, -0.15) is 0 Å². The molecule has 2 aromatic rings. The van der Waals surface area contributed by atoms with E-state index < -0.39 is 16.9 Å². The van der Waals surface area contributed by atoms with Crippen molar-refractivity contribution in [2.24, 2.45) is 0 Å². The van der Waals surface area contributed by atoms with Crippen LogP contribution in [0, 0.1) is 10.1 Å². The Labute approximate surface area is 155 Å². The highest BCUT2D eigenvalue weighted by Crippen LogP contribution is 2.26. The molecule has 0 unspecified atom stereocenters. The Bertz CT molecular complexity index is 835. The fraction of sp³-hybridized carbons (Fsp3) is 0.222. The largest absolute Gasteiger partial charge is 0.494 e. The Morgan fingerprint density at radius 2 is 1.81 bits per heavy atom. The summed E-state index contributed by atoms with van der Waals surface area (Å²) in [6.45, 7) is 2.38. The number of rotatable bonds is 8. The van der Waals surface area contributed by atoms with Crippen molar-refractivity contribution in [2.45, 2.75) is 19.9 Å². The second-order valence-corrected chi connectivity index (χ2v) is 5.57. The van der Waals surface area contributed by atoms with E-state index >= 15 is 0 Å². The molecular formula is C18H19N3O6. The van der Waals surface area contributed by atoms with E-state index in [1.807, 2.05) is 6.92 Å². The lowest BCUT2D eigenvalue weighted by Crippen LogP contribution is -2.20. The van der Waals surface area contributed by atoms with Gasteiger partial charge in [-0.25, -0.2) is 4.79 Å². The average Bonchev–Trinajstić information content (AvgIpc) is 2.61. The maximum absolute atomic E-state index is 12.3. The number of nitro groups is 1. The summed E-state index contributed by atoms with van der Waals surface area (Å²) in [7, 11) is 0. The monoisotopic (exact) mass is 373 g/mol. The minimum Gasteiger partial charge on any atom is -0.494 e. The third-order valence-electron chi connectivity index (χ3n) is 3.57.